The van der Waals surface area contributed by atoms with Gasteiger partial charge in [-0.25, -0.2) is 4.79 Å². The Kier molecular flexibility index (Phi) is 5.28. The maximum absolute atomic E-state index is 12.2. The van der Waals surface area contributed by atoms with E-state index in [2.05, 4.69) is 0 Å². The first kappa shape index (κ1) is 18.0. The highest BCUT2D eigenvalue weighted by Crippen LogP contribution is 2.24. The second-order valence-electron chi connectivity index (χ2n) is 6.73. The highest BCUT2D eigenvalue weighted by Gasteiger charge is 2.31. The van der Waals surface area contributed by atoms with E-state index in [-0.39, 0.29) is 18.3 Å². The summed E-state index contributed by atoms with van der Waals surface area (Å²) in [6.45, 7) is 6.61. The monoisotopic (exact) mass is 337 g/mol. The molecule has 0 aliphatic carbocycles. The van der Waals surface area contributed by atoms with Gasteiger partial charge in [0, 0.05) is 37.5 Å². The summed E-state index contributed by atoms with van der Waals surface area (Å²) in [7, 11) is 0. The van der Waals surface area contributed by atoms with Gasteiger partial charge in [-0.15, -0.1) is 0 Å². The topological polar surface area (TPSA) is 96.2 Å². The summed E-state index contributed by atoms with van der Waals surface area (Å²) in [6, 6.07) is 5.90. The number of nitro groups is 1. The number of hydrogen-bond acceptors (Lipinski definition) is 6. The highest BCUT2D eigenvalue weighted by molar-refractivity contribution is 5.69. The van der Waals surface area contributed by atoms with Gasteiger partial charge in [-0.05, 0) is 32.9 Å². The third kappa shape index (κ3) is 4.35. The van der Waals surface area contributed by atoms with Crippen molar-refractivity contribution in [1.29, 1.82) is 0 Å². The van der Waals surface area contributed by atoms with Gasteiger partial charge in [0.25, 0.3) is 5.69 Å². The third-order valence-electron chi connectivity index (χ3n) is 3.74. The molecule has 0 radical (unpaired) electrons. The Morgan fingerprint density at radius 1 is 1.33 bits per heavy atom. The second-order valence-corrected chi connectivity index (χ2v) is 6.73. The van der Waals surface area contributed by atoms with Gasteiger partial charge in [-0.3, -0.25) is 10.1 Å². The Labute approximate surface area is 140 Å². The van der Waals surface area contributed by atoms with Crippen LogP contribution >= 0.6 is 0 Å². The van der Waals surface area contributed by atoms with Crippen molar-refractivity contribution in [2.24, 2.45) is 0 Å². The lowest BCUT2D eigenvalue weighted by Crippen LogP contribution is -2.57. The lowest BCUT2D eigenvalue weighted by molar-refractivity contribution is -0.384. The number of rotatable bonds is 3. The molecule has 1 atom stereocenters. The summed E-state index contributed by atoms with van der Waals surface area (Å²) in [5, 5.41) is 20.4. The van der Waals surface area contributed by atoms with Gasteiger partial charge in [0.1, 0.15) is 5.60 Å². The molecule has 0 bridgehead atoms. The van der Waals surface area contributed by atoms with Crippen LogP contribution in [0.5, 0.6) is 0 Å². The average Bonchev–Trinajstić information content (AvgIpc) is 2.52. The molecule has 1 aromatic carbocycles. The molecule has 2 rings (SSSR count). The molecule has 1 aliphatic heterocycles. The lowest BCUT2D eigenvalue weighted by Gasteiger charge is -2.42. The summed E-state index contributed by atoms with van der Waals surface area (Å²) in [6.07, 6.45) is -0.399. The first-order valence-corrected chi connectivity index (χ1v) is 7.81. The first-order valence-electron chi connectivity index (χ1n) is 7.81. The summed E-state index contributed by atoms with van der Waals surface area (Å²) >= 11 is 0. The van der Waals surface area contributed by atoms with E-state index in [0.29, 0.717) is 19.6 Å². The number of non-ortho nitro benzene ring substituents is 1. The molecule has 0 saturated carbocycles. The SMILES string of the molecule is CC(C)(C)OC(=O)N1CCN(c2ccc([N+](=O)[O-])cc2)C(CO)C1. The molecule has 0 aromatic heterocycles. The van der Waals surface area contributed by atoms with Gasteiger partial charge < -0.3 is 19.6 Å². The second kappa shape index (κ2) is 7.04. The number of benzene rings is 1. The van der Waals surface area contributed by atoms with Crippen LogP contribution in [0.15, 0.2) is 24.3 Å². The van der Waals surface area contributed by atoms with Crippen molar-refractivity contribution in [3.63, 3.8) is 0 Å². The van der Waals surface area contributed by atoms with Crippen molar-refractivity contribution < 1.29 is 19.6 Å². The molecule has 1 N–H and O–H groups in total. The van der Waals surface area contributed by atoms with Crippen LogP contribution in [0, 0.1) is 10.1 Å². The number of ether oxygens (including phenoxy) is 1. The van der Waals surface area contributed by atoms with E-state index >= 15 is 0 Å². The predicted molar refractivity (Wildman–Crippen MR) is 89.1 cm³/mol. The van der Waals surface area contributed by atoms with E-state index in [0.717, 1.165) is 5.69 Å². The van der Waals surface area contributed by atoms with Crippen LogP contribution in [-0.4, -0.2) is 58.9 Å². The summed E-state index contributed by atoms with van der Waals surface area (Å²) < 4.78 is 5.36. The van der Waals surface area contributed by atoms with Crippen LogP contribution in [0.25, 0.3) is 0 Å². The number of nitrogens with zero attached hydrogens (tertiary/aromatic N) is 3. The minimum atomic E-state index is -0.568. The van der Waals surface area contributed by atoms with Crippen molar-refractivity contribution >= 4 is 17.5 Å². The van der Waals surface area contributed by atoms with Gasteiger partial charge in [0.05, 0.1) is 17.6 Å². The quantitative estimate of drug-likeness (QED) is 0.669. The molecule has 1 fully saturated rings. The third-order valence-corrected chi connectivity index (χ3v) is 3.74. The van der Waals surface area contributed by atoms with Crippen molar-refractivity contribution in [2.45, 2.75) is 32.4 Å². The Morgan fingerprint density at radius 3 is 2.46 bits per heavy atom. The van der Waals surface area contributed by atoms with Crippen molar-refractivity contribution in [3.8, 4) is 0 Å². The van der Waals surface area contributed by atoms with Gasteiger partial charge in [0.2, 0.25) is 0 Å². The normalized spacial score (nSPS) is 18.4. The number of aliphatic hydroxyl groups is 1. The summed E-state index contributed by atoms with van der Waals surface area (Å²) in [4.78, 5) is 26.0. The molecule has 1 heterocycles. The van der Waals surface area contributed by atoms with Crippen molar-refractivity contribution in [1.82, 2.24) is 4.90 Å². The van der Waals surface area contributed by atoms with E-state index in [1.807, 2.05) is 25.7 Å². The van der Waals surface area contributed by atoms with E-state index in [1.54, 1.807) is 17.0 Å². The maximum atomic E-state index is 12.2. The molecule has 132 valence electrons. The standard InChI is InChI=1S/C16H23N3O5/c1-16(2,3)24-15(21)17-8-9-18(14(10-17)11-20)12-4-6-13(7-5-12)19(22)23/h4-7,14,20H,8-11H2,1-3H3. The fourth-order valence-corrected chi connectivity index (χ4v) is 2.61. The molecule has 1 saturated heterocycles. The fourth-order valence-electron chi connectivity index (χ4n) is 2.61. The number of carbonyl (C=O) groups excluding carboxylic acids is 1. The fraction of sp³-hybridized carbons (Fsp3) is 0.562. The molecule has 1 aromatic rings. The van der Waals surface area contributed by atoms with Gasteiger partial charge >= 0.3 is 6.09 Å². The number of anilines is 1. The molecule has 0 spiro atoms. The number of aliphatic hydroxyl groups excluding tert-OH is 1. The molecular formula is C16H23N3O5. The smallest absolute Gasteiger partial charge is 0.410 e. The minimum absolute atomic E-state index is 0.0201. The number of hydrogen-bond donors (Lipinski definition) is 1. The Hall–Kier alpha value is -2.35. The number of carbonyl (C=O) groups is 1. The predicted octanol–water partition coefficient (Wildman–Crippen LogP) is 2.01. The van der Waals surface area contributed by atoms with Gasteiger partial charge in [0.15, 0.2) is 0 Å². The van der Waals surface area contributed by atoms with Crippen molar-refractivity contribution in [2.75, 3.05) is 31.1 Å². The summed E-state index contributed by atoms with van der Waals surface area (Å²) in [5.74, 6) is 0. The first-order chi connectivity index (χ1) is 11.2. The molecule has 1 amide bonds. The van der Waals surface area contributed by atoms with Crippen LogP contribution < -0.4 is 4.90 Å². The van der Waals surface area contributed by atoms with Crippen LogP contribution in [0.2, 0.25) is 0 Å². The molecule has 8 heteroatoms. The Balaban J connectivity index is 2.07. The number of amides is 1. The largest absolute Gasteiger partial charge is 0.444 e. The highest BCUT2D eigenvalue weighted by atomic mass is 16.6. The zero-order valence-electron chi connectivity index (χ0n) is 14.1. The Bertz CT molecular complexity index is 597. The average molecular weight is 337 g/mol. The molecule has 8 nitrogen and oxygen atoms in total. The van der Waals surface area contributed by atoms with E-state index in [4.69, 9.17) is 4.74 Å². The van der Waals surface area contributed by atoms with Gasteiger partial charge in [-0.2, -0.15) is 0 Å². The number of piperazine rings is 1. The van der Waals surface area contributed by atoms with Crippen molar-refractivity contribution in [3.05, 3.63) is 34.4 Å². The Morgan fingerprint density at radius 2 is 1.96 bits per heavy atom. The van der Waals surface area contributed by atoms with Crippen LogP contribution in [0.3, 0.4) is 0 Å². The zero-order chi connectivity index (χ0) is 17.9. The van der Waals surface area contributed by atoms with Gasteiger partial charge in [-0.1, -0.05) is 0 Å². The molecule has 24 heavy (non-hydrogen) atoms. The minimum Gasteiger partial charge on any atom is -0.444 e. The molecular weight excluding hydrogens is 314 g/mol. The van der Waals surface area contributed by atoms with Crippen LogP contribution in [0.4, 0.5) is 16.2 Å². The lowest BCUT2D eigenvalue weighted by atomic mass is 10.1. The maximum Gasteiger partial charge on any atom is 0.410 e. The van der Waals surface area contributed by atoms with E-state index < -0.39 is 16.6 Å². The molecule has 1 aliphatic rings. The van der Waals surface area contributed by atoms with Crippen LogP contribution in [-0.2, 0) is 4.74 Å². The van der Waals surface area contributed by atoms with E-state index in [9.17, 15) is 20.0 Å². The van der Waals surface area contributed by atoms with Crippen LogP contribution in [0.1, 0.15) is 20.8 Å². The number of nitro benzene ring substituents is 1. The summed E-state index contributed by atoms with van der Waals surface area (Å²) in [5.41, 5.74) is 0.233. The zero-order valence-corrected chi connectivity index (χ0v) is 14.1. The molecule has 1 unspecified atom stereocenters. The van der Waals surface area contributed by atoms with E-state index in [1.165, 1.54) is 12.1 Å².